The lowest BCUT2D eigenvalue weighted by Crippen LogP contribution is -2.27. The molecule has 19 heavy (non-hydrogen) atoms. The molecule has 0 bridgehead atoms. The monoisotopic (exact) mass is 325 g/mol. The van der Waals surface area contributed by atoms with E-state index in [2.05, 4.69) is 29.8 Å². The molecule has 104 valence electrons. The Bertz CT molecular complexity index is 453. The number of rotatable bonds is 4. The van der Waals surface area contributed by atoms with Gasteiger partial charge in [0, 0.05) is 18.7 Å². The molecule has 0 radical (unpaired) electrons. The van der Waals surface area contributed by atoms with Gasteiger partial charge >= 0.3 is 0 Å². The fourth-order valence-corrected chi connectivity index (χ4v) is 2.60. The van der Waals surface area contributed by atoms with Gasteiger partial charge in [-0.15, -0.1) is 0 Å². The highest BCUT2D eigenvalue weighted by molar-refractivity contribution is 9.10. The first-order chi connectivity index (χ1) is 9.08. The van der Waals surface area contributed by atoms with E-state index in [4.69, 9.17) is 4.74 Å². The molecular weight excluding hydrogens is 306 g/mol. The van der Waals surface area contributed by atoms with Crippen molar-refractivity contribution in [3.63, 3.8) is 0 Å². The van der Waals surface area contributed by atoms with E-state index < -0.39 is 0 Å². The summed E-state index contributed by atoms with van der Waals surface area (Å²) in [6, 6.07) is 5.58. The molecule has 0 spiro atoms. The standard InChI is InChI=1S/C15H20BrNO2/c1-11(2)10-19-14-6-5-12(9-13(14)16)15(18)17-7-3-4-8-17/h5-6,9,11H,3-4,7-8,10H2,1-2H3. The molecule has 1 aliphatic heterocycles. The van der Waals surface area contributed by atoms with Crippen LogP contribution in [0, 0.1) is 5.92 Å². The zero-order valence-electron chi connectivity index (χ0n) is 11.5. The minimum absolute atomic E-state index is 0.119. The normalized spacial score (nSPS) is 15.1. The lowest BCUT2D eigenvalue weighted by Gasteiger charge is -2.16. The molecule has 0 atom stereocenters. The van der Waals surface area contributed by atoms with Crippen LogP contribution in [0.15, 0.2) is 22.7 Å². The predicted octanol–water partition coefficient (Wildman–Crippen LogP) is 3.72. The number of hydrogen-bond donors (Lipinski definition) is 0. The number of benzene rings is 1. The molecule has 2 rings (SSSR count). The summed E-state index contributed by atoms with van der Waals surface area (Å²) in [5, 5.41) is 0. The number of likely N-dealkylation sites (tertiary alicyclic amines) is 1. The van der Waals surface area contributed by atoms with Crippen molar-refractivity contribution in [2.45, 2.75) is 26.7 Å². The van der Waals surface area contributed by atoms with Crippen molar-refractivity contribution in [2.75, 3.05) is 19.7 Å². The highest BCUT2D eigenvalue weighted by atomic mass is 79.9. The quantitative estimate of drug-likeness (QED) is 0.844. The molecule has 0 aliphatic carbocycles. The van der Waals surface area contributed by atoms with E-state index in [-0.39, 0.29) is 5.91 Å². The molecule has 1 aliphatic rings. The van der Waals surface area contributed by atoms with Crippen LogP contribution < -0.4 is 4.74 Å². The minimum atomic E-state index is 0.119. The molecule has 1 aromatic rings. The Morgan fingerprint density at radius 1 is 1.37 bits per heavy atom. The lowest BCUT2D eigenvalue weighted by atomic mass is 10.2. The van der Waals surface area contributed by atoms with Crippen LogP contribution in [0.5, 0.6) is 5.75 Å². The van der Waals surface area contributed by atoms with Gasteiger partial charge in [-0.3, -0.25) is 4.79 Å². The number of carbonyl (C=O) groups excluding carboxylic acids is 1. The SMILES string of the molecule is CC(C)COc1ccc(C(=O)N2CCCC2)cc1Br. The zero-order chi connectivity index (χ0) is 13.8. The second-order valence-electron chi connectivity index (χ2n) is 5.35. The van der Waals surface area contributed by atoms with Crippen LogP contribution in [-0.2, 0) is 0 Å². The van der Waals surface area contributed by atoms with Gasteiger partial charge in [-0.2, -0.15) is 0 Å². The molecule has 4 heteroatoms. The maximum atomic E-state index is 12.2. The van der Waals surface area contributed by atoms with Gasteiger partial charge in [0.15, 0.2) is 0 Å². The van der Waals surface area contributed by atoms with Gasteiger partial charge in [0.1, 0.15) is 5.75 Å². The number of nitrogens with zero attached hydrogens (tertiary/aromatic N) is 1. The average molecular weight is 326 g/mol. The molecule has 0 saturated carbocycles. The van der Waals surface area contributed by atoms with Crippen LogP contribution >= 0.6 is 15.9 Å². The van der Waals surface area contributed by atoms with Gasteiger partial charge in [0.25, 0.3) is 5.91 Å². The van der Waals surface area contributed by atoms with Crippen LogP contribution in [0.2, 0.25) is 0 Å². The molecule has 1 saturated heterocycles. The van der Waals surface area contributed by atoms with E-state index in [9.17, 15) is 4.79 Å². The largest absolute Gasteiger partial charge is 0.492 e. The average Bonchev–Trinajstić information content (AvgIpc) is 2.90. The molecule has 3 nitrogen and oxygen atoms in total. The summed E-state index contributed by atoms with van der Waals surface area (Å²) in [5.74, 6) is 1.40. The molecule has 1 aromatic carbocycles. The second-order valence-corrected chi connectivity index (χ2v) is 6.20. The molecule has 0 aromatic heterocycles. The third-order valence-corrected chi connectivity index (χ3v) is 3.76. The van der Waals surface area contributed by atoms with E-state index in [0.717, 1.165) is 41.7 Å². The van der Waals surface area contributed by atoms with Crippen molar-refractivity contribution in [1.82, 2.24) is 4.90 Å². The van der Waals surface area contributed by atoms with Crippen LogP contribution in [0.4, 0.5) is 0 Å². The molecule has 1 amide bonds. The lowest BCUT2D eigenvalue weighted by molar-refractivity contribution is 0.0792. The summed E-state index contributed by atoms with van der Waals surface area (Å²) in [4.78, 5) is 14.2. The van der Waals surface area contributed by atoms with Crippen LogP contribution in [0.25, 0.3) is 0 Å². The van der Waals surface area contributed by atoms with Gasteiger partial charge < -0.3 is 9.64 Å². The molecule has 1 heterocycles. The van der Waals surface area contributed by atoms with Crippen molar-refractivity contribution in [1.29, 1.82) is 0 Å². The summed E-state index contributed by atoms with van der Waals surface area (Å²) in [6.07, 6.45) is 2.23. The highest BCUT2D eigenvalue weighted by Gasteiger charge is 2.20. The highest BCUT2D eigenvalue weighted by Crippen LogP contribution is 2.27. The second kappa shape index (κ2) is 6.42. The first-order valence-electron chi connectivity index (χ1n) is 6.79. The Labute approximate surface area is 123 Å². The van der Waals surface area contributed by atoms with Crippen molar-refractivity contribution < 1.29 is 9.53 Å². The third-order valence-electron chi connectivity index (χ3n) is 3.14. The molecular formula is C15H20BrNO2. The Morgan fingerprint density at radius 3 is 2.63 bits per heavy atom. The fourth-order valence-electron chi connectivity index (χ4n) is 2.11. The van der Waals surface area contributed by atoms with Gasteiger partial charge in [-0.25, -0.2) is 0 Å². The predicted molar refractivity (Wildman–Crippen MR) is 79.6 cm³/mol. The Kier molecular flexibility index (Phi) is 4.86. The van der Waals surface area contributed by atoms with Crippen molar-refractivity contribution in [2.24, 2.45) is 5.92 Å². The van der Waals surface area contributed by atoms with Crippen LogP contribution in [0.1, 0.15) is 37.0 Å². The summed E-state index contributed by atoms with van der Waals surface area (Å²) in [6.45, 7) is 6.65. The fraction of sp³-hybridized carbons (Fsp3) is 0.533. The zero-order valence-corrected chi connectivity index (χ0v) is 13.1. The summed E-state index contributed by atoms with van der Waals surface area (Å²) in [7, 11) is 0. The van der Waals surface area contributed by atoms with Crippen LogP contribution in [0.3, 0.4) is 0 Å². The Morgan fingerprint density at radius 2 is 2.05 bits per heavy atom. The first kappa shape index (κ1) is 14.4. The van der Waals surface area contributed by atoms with E-state index >= 15 is 0 Å². The summed E-state index contributed by atoms with van der Waals surface area (Å²) in [5.41, 5.74) is 0.727. The topological polar surface area (TPSA) is 29.5 Å². The Balaban J connectivity index is 2.07. The smallest absolute Gasteiger partial charge is 0.253 e. The van der Waals surface area contributed by atoms with Crippen molar-refractivity contribution >= 4 is 21.8 Å². The van der Waals surface area contributed by atoms with Gasteiger partial charge in [-0.1, -0.05) is 13.8 Å². The molecule has 0 N–H and O–H groups in total. The first-order valence-corrected chi connectivity index (χ1v) is 7.59. The summed E-state index contributed by atoms with van der Waals surface area (Å²) < 4.78 is 6.53. The maximum absolute atomic E-state index is 12.2. The maximum Gasteiger partial charge on any atom is 0.253 e. The van der Waals surface area contributed by atoms with Crippen LogP contribution in [-0.4, -0.2) is 30.5 Å². The van der Waals surface area contributed by atoms with Gasteiger partial charge in [-0.05, 0) is 52.9 Å². The number of hydrogen-bond acceptors (Lipinski definition) is 2. The van der Waals surface area contributed by atoms with Crippen molar-refractivity contribution in [3.05, 3.63) is 28.2 Å². The number of amides is 1. The number of ether oxygens (including phenoxy) is 1. The molecule has 0 unspecified atom stereocenters. The van der Waals surface area contributed by atoms with Gasteiger partial charge in [0.2, 0.25) is 0 Å². The Hall–Kier alpha value is -1.03. The van der Waals surface area contributed by atoms with E-state index in [1.807, 2.05) is 23.1 Å². The molecule has 1 fully saturated rings. The number of halogens is 1. The minimum Gasteiger partial charge on any atom is -0.492 e. The van der Waals surface area contributed by atoms with E-state index in [1.54, 1.807) is 0 Å². The number of carbonyl (C=O) groups is 1. The summed E-state index contributed by atoms with van der Waals surface area (Å²) >= 11 is 3.48. The van der Waals surface area contributed by atoms with E-state index in [1.165, 1.54) is 0 Å². The van der Waals surface area contributed by atoms with E-state index in [0.29, 0.717) is 12.5 Å². The third kappa shape index (κ3) is 3.72. The van der Waals surface area contributed by atoms with Crippen molar-refractivity contribution in [3.8, 4) is 5.75 Å². The van der Waals surface area contributed by atoms with Gasteiger partial charge in [0.05, 0.1) is 11.1 Å².